The monoisotopic (exact) mass is 358 g/mol. The zero-order valence-electron chi connectivity index (χ0n) is 13.5. The molecule has 23 heavy (non-hydrogen) atoms. The van der Waals surface area contributed by atoms with Crippen molar-refractivity contribution in [3.8, 4) is 0 Å². The molecule has 0 aromatic heterocycles. The van der Waals surface area contributed by atoms with Gasteiger partial charge in [0.1, 0.15) is 4.90 Å². The van der Waals surface area contributed by atoms with Gasteiger partial charge in [0.05, 0.1) is 5.02 Å². The highest BCUT2D eigenvalue weighted by Crippen LogP contribution is 2.27. The van der Waals surface area contributed by atoms with Gasteiger partial charge in [0, 0.05) is 25.2 Å². The summed E-state index contributed by atoms with van der Waals surface area (Å²) < 4.78 is 27.0. The zero-order chi connectivity index (χ0) is 17.0. The van der Waals surface area contributed by atoms with E-state index in [9.17, 15) is 13.2 Å². The number of hydrogen-bond acceptors (Lipinski definition) is 3. The largest absolute Gasteiger partial charge is 0.352 e. The Kier molecular flexibility index (Phi) is 6.06. The average Bonchev–Trinajstić information content (AvgIpc) is 2.53. The lowest BCUT2D eigenvalue weighted by molar-refractivity contribution is 0.0949. The molecule has 1 aromatic rings. The van der Waals surface area contributed by atoms with E-state index in [1.165, 1.54) is 16.4 Å². The molecule has 0 saturated carbocycles. The minimum Gasteiger partial charge on any atom is -0.352 e. The van der Waals surface area contributed by atoms with Crippen molar-refractivity contribution >= 4 is 27.5 Å². The van der Waals surface area contributed by atoms with Crippen molar-refractivity contribution in [3.05, 3.63) is 28.8 Å². The Morgan fingerprint density at radius 2 is 1.91 bits per heavy atom. The van der Waals surface area contributed by atoms with Crippen molar-refractivity contribution in [3.63, 3.8) is 0 Å². The maximum absolute atomic E-state index is 12.8. The molecule has 1 heterocycles. The zero-order valence-corrected chi connectivity index (χ0v) is 15.1. The first-order valence-electron chi connectivity index (χ1n) is 7.90. The summed E-state index contributed by atoms with van der Waals surface area (Å²) in [4.78, 5) is 12.2. The van der Waals surface area contributed by atoms with Crippen LogP contribution in [0, 0.1) is 5.92 Å². The first kappa shape index (κ1) is 18.2. The molecule has 5 nitrogen and oxygen atoms in total. The van der Waals surface area contributed by atoms with Gasteiger partial charge in [-0.1, -0.05) is 31.9 Å². The van der Waals surface area contributed by atoms with E-state index in [-0.39, 0.29) is 15.8 Å². The average molecular weight is 359 g/mol. The molecular formula is C16H23ClN2O3S. The van der Waals surface area contributed by atoms with Crippen LogP contribution in [0.4, 0.5) is 0 Å². The van der Waals surface area contributed by atoms with Crippen molar-refractivity contribution in [2.24, 2.45) is 5.92 Å². The van der Waals surface area contributed by atoms with Gasteiger partial charge >= 0.3 is 0 Å². The number of hydrogen-bond donors (Lipinski definition) is 1. The summed E-state index contributed by atoms with van der Waals surface area (Å²) in [6.45, 7) is 5.53. The highest BCUT2D eigenvalue weighted by Gasteiger charge is 2.28. The SMILES string of the molecule is CC(C)CNC(=O)c1ccc(Cl)c(S(=O)(=O)N2CCCCC2)c1. The maximum Gasteiger partial charge on any atom is 0.251 e. The van der Waals surface area contributed by atoms with Crippen molar-refractivity contribution in [1.82, 2.24) is 9.62 Å². The molecule has 0 atom stereocenters. The predicted molar refractivity (Wildman–Crippen MR) is 91.2 cm³/mol. The number of halogens is 1. The number of nitrogens with zero attached hydrogens (tertiary/aromatic N) is 1. The quantitative estimate of drug-likeness (QED) is 0.880. The predicted octanol–water partition coefficient (Wildman–Crippen LogP) is 2.90. The molecule has 0 spiro atoms. The molecule has 1 fully saturated rings. The number of rotatable bonds is 5. The summed E-state index contributed by atoms with van der Waals surface area (Å²) in [5, 5.41) is 2.93. The van der Waals surface area contributed by atoms with E-state index in [1.54, 1.807) is 6.07 Å². The summed E-state index contributed by atoms with van der Waals surface area (Å²) in [7, 11) is -3.66. The molecule has 1 aliphatic rings. The molecule has 0 unspecified atom stereocenters. The van der Waals surface area contributed by atoms with Crippen LogP contribution in [0.5, 0.6) is 0 Å². The van der Waals surface area contributed by atoms with Gasteiger partial charge in [0.2, 0.25) is 10.0 Å². The first-order valence-corrected chi connectivity index (χ1v) is 9.72. The van der Waals surface area contributed by atoms with E-state index in [0.717, 1.165) is 19.3 Å². The Balaban J connectivity index is 2.28. The molecule has 1 aromatic carbocycles. The lowest BCUT2D eigenvalue weighted by Crippen LogP contribution is -2.36. The molecule has 0 aliphatic carbocycles. The highest BCUT2D eigenvalue weighted by atomic mass is 35.5. The summed E-state index contributed by atoms with van der Waals surface area (Å²) in [5.41, 5.74) is 0.311. The van der Waals surface area contributed by atoms with Gasteiger partial charge in [-0.2, -0.15) is 4.31 Å². The fourth-order valence-electron chi connectivity index (χ4n) is 2.49. The standard InChI is InChI=1S/C16H23ClN2O3S/c1-12(2)11-18-16(20)13-6-7-14(17)15(10-13)23(21,22)19-8-4-3-5-9-19/h6-7,10,12H,3-5,8-9,11H2,1-2H3,(H,18,20). The van der Waals surface area contributed by atoms with Crippen molar-refractivity contribution in [1.29, 1.82) is 0 Å². The highest BCUT2D eigenvalue weighted by molar-refractivity contribution is 7.89. The summed E-state index contributed by atoms with van der Waals surface area (Å²) in [5.74, 6) is 0.0354. The molecule has 0 bridgehead atoms. The Hall–Kier alpha value is -1.11. The van der Waals surface area contributed by atoms with Crippen molar-refractivity contribution < 1.29 is 13.2 Å². The van der Waals surface area contributed by atoms with E-state index >= 15 is 0 Å². The number of carbonyl (C=O) groups is 1. The third-order valence-corrected chi connectivity index (χ3v) is 6.18. The topological polar surface area (TPSA) is 66.5 Å². The van der Waals surface area contributed by atoms with Crippen LogP contribution >= 0.6 is 11.6 Å². The molecular weight excluding hydrogens is 336 g/mol. The van der Waals surface area contributed by atoms with Crippen LogP contribution in [-0.2, 0) is 10.0 Å². The molecule has 7 heteroatoms. The van der Waals surface area contributed by atoms with E-state index < -0.39 is 10.0 Å². The summed E-state index contributed by atoms with van der Waals surface area (Å²) in [6, 6.07) is 4.40. The second kappa shape index (κ2) is 7.64. The normalized spacial score (nSPS) is 16.5. The molecule has 0 radical (unpaired) electrons. The number of carbonyl (C=O) groups excluding carboxylic acids is 1. The number of sulfonamides is 1. The molecule has 128 valence electrons. The Morgan fingerprint density at radius 3 is 2.52 bits per heavy atom. The van der Waals surface area contributed by atoms with Gasteiger partial charge in [0.25, 0.3) is 5.91 Å². The Bertz CT molecular complexity index is 668. The van der Waals surface area contributed by atoms with Crippen molar-refractivity contribution in [2.45, 2.75) is 38.0 Å². The van der Waals surface area contributed by atoms with Gasteiger partial charge in [-0.3, -0.25) is 4.79 Å². The number of amides is 1. The summed E-state index contributed by atoms with van der Waals surface area (Å²) in [6.07, 6.45) is 2.74. The lowest BCUT2D eigenvalue weighted by Gasteiger charge is -2.26. The summed E-state index contributed by atoms with van der Waals surface area (Å²) >= 11 is 6.09. The second-order valence-electron chi connectivity index (χ2n) is 6.21. The fourth-order valence-corrected chi connectivity index (χ4v) is 4.50. The van der Waals surface area contributed by atoms with E-state index in [2.05, 4.69) is 5.32 Å². The molecule has 1 aliphatic heterocycles. The molecule has 2 rings (SSSR count). The van der Waals surface area contributed by atoms with Gasteiger partial charge < -0.3 is 5.32 Å². The van der Waals surface area contributed by atoms with Crippen molar-refractivity contribution in [2.75, 3.05) is 19.6 Å². The maximum atomic E-state index is 12.8. The third-order valence-electron chi connectivity index (χ3n) is 3.80. The molecule has 1 amide bonds. The van der Waals surface area contributed by atoms with Gasteiger partial charge in [-0.05, 0) is 37.0 Å². The van der Waals surface area contributed by atoms with E-state index in [1.807, 2.05) is 13.8 Å². The number of nitrogens with one attached hydrogen (secondary N) is 1. The van der Waals surface area contributed by atoms with Crippen LogP contribution in [0.2, 0.25) is 5.02 Å². The third kappa shape index (κ3) is 4.46. The number of piperidine rings is 1. The Labute approximate surface area is 143 Å². The molecule has 1 saturated heterocycles. The minimum absolute atomic E-state index is 0.0123. The number of benzene rings is 1. The minimum atomic E-state index is -3.66. The van der Waals surface area contributed by atoms with Crippen LogP contribution in [0.3, 0.4) is 0 Å². The fraction of sp³-hybridized carbons (Fsp3) is 0.562. The van der Waals surface area contributed by atoms with E-state index in [4.69, 9.17) is 11.6 Å². The van der Waals surface area contributed by atoms with Gasteiger partial charge in [-0.15, -0.1) is 0 Å². The van der Waals surface area contributed by atoms with Gasteiger partial charge in [-0.25, -0.2) is 8.42 Å². The van der Waals surface area contributed by atoms with Crippen LogP contribution in [0.1, 0.15) is 43.5 Å². The van der Waals surface area contributed by atoms with E-state index in [0.29, 0.717) is 31.1 Å². The van der Waals surface area contributed by atoms with Crippen LogP contribution < -0.4 is 5.32 Å². The Morgan fingerprint density at radius 1 is 1.26 bits per heavy atom. The smallest absolute Gasteiger partial charge is 0.251 e. The second-order valence-corrected chi connectivity index (χ2v) is 8.53. The first-order chi connectivity index (χ1) is 10.8. The lowest BCUT2D eigenvalue weighted by atomic mass is 10.2. The molecule has 1 N–H and O–H groups in total. The van der Waals surface area contributed by atoms with Crippen LogP contribution in [0.25, 0.3) is 0 Å². The van der Waals surface area contributed by atoms with Crippen LogP contribution in [0.15, 0.2) is 23.1 Å². The van der Waals surface area contributed by atoms with Crippen LogP contribution in [-0.4, -0.2) is 38.3 Å². The van der Waals surface area contributed by atoms with Gasteiger partial charge in [0.15, 0.2) is 0 Å².